The molecule has 4 aromatic rings. The summed E-state index contributed by atoms with van der Waals surface area (Å²) in [6.45, 7) is 4.15. The zero-order valence-corrected chi connectivity index (χ0v) is 19.2. The molecule has 0 saturated carbocycles. The fraction of sp³-hybridized carbons (Fsp3) is 0.308. The first kappa shape index (κ1) is 21.0. The van der Waals surface area contributed by atoms with Crippen molar-refractivity contribution in [3.05, 3.63) is 67.1 Å². The van der Waals surface area contributed by atoms with Crippen molar-refractivity contribution in [2.24, 2.45) is 0 Å². The number of likely N-dealkylation sites (tertiary alicyclic amines) is 1. The fourth-order valence-corrected chi connectivity index (χ4v) is 4.63. The molecule has 164 valence electrons. The van der Waals surface area contributed by atoms with E-state index in [4.69, 9.17) is 9.72 Å². The fourth-order valence-electron chi connectivity index (χ4n) is 4.22. The number of nitrogens with zero attached hydrogens (tertiary/aromatic N) is 4. The van der Waals surface area contributed by atoms with E-state index in [1.807, 2.05) is 35.2 Å². The Kier molecular flexibility index (Phi) is 6.41. The number of rotatable bonds is 7. The maximum Gasteiger partial charge on any atom is 0.162 e. The Morgan fingerprint density at radius 3 is 2.38 bits per heavy atom. The van der Waals surface area contributed by atoms with Crippen molar-refractivity contribution < 1.29 is 4.74 Å². The van der Waals surface area contributed by atoms with Crippen LogP contribution in [-0.2, 0) is 0 Å². The molecular weight excluding hydrogens is 416 g/mol. The van der Waals surface area contributed by atoms with Gasteiger partial charge in [0.2, 0.25) is 0 Å². The Bertz CT molecular complexity index is 1160. The molecule has 0 unspecified atom stereocenters. The van der Waals surface area contributed by atoms with Gasteiger partial charge in [0, 0.05) is 35.0 Å². The summed E-state index contributed by atoms with van der Waals surface area (Å²) >= 11 is 1.74. The SMILES string of the molecule is CSc1ccc(-c2cnn3cc(-c4ccc(OCCN5CCCCC5)cc4)cnc23)cc1. The minimum absolute atomic E-state index is 0.737. The molecule has 0 amide bonds. The summed E-state index contributed by atoms with van der Waals surface area (Å²) in [6, 6.07) is 16.8. The minimum atomic E-state index is 0.737. The number of hydrogen-bond acceptors (Lipinski definition) is 5. The molecule has 2 aromatic carbocycles. The molecular formula is C26H28N4OS. The highest BCUT2D eigenvalue weighted by Gasteiger charge is 2.11. The molecule has 5 rings (SSSR count). The first-order chi connectivity index (χ1) is 15.8. The van der Waals surface area contributed by atoms with Crippen LogP contribution in [0.3, 0.4) is 0 Å². The lowest BCUT2D eigenvalue weighted by atomic mass is 10.1. The number of hydrogen-bond donors (Lipinski definition) is 0. The van der Waals surface area contributed by atoms with Crippen LogP contribution >= 0.6 is 11.8 Å². The number of thioether (sulfide) groups is 1. The Morgan fingerprint density at radius 1 is 0.875 bits per heavy atom. The van der Waals surface area contributed by atoms with Gasteiger partial charge in [0.1, 0.15) is 12.4 Å². The quantitative estimate of drug-likeness (QED) is 0.345. The molecule has 0 spiro atoms. The summed E-state index contributed by atoms with van der Waals surface area (Å²) in [5.41, 5.74) is 5.17. The largest absolute Gasteiger partial charge is 0.492 e. The van der Waals surface area contributed by atoms with Gasteiger partial charge in [0.15, 0.2) is 5.65 Å². The molecule has 5 nitrogen and oxygen atoms in total. The molecule has 3 heterocycles. The van der Waals surface area contributed by atoms with Crippen LogP contribution in [0.2, 0.25) is 0 Å². The molecule has 0 atom stereocenters. The van der Waals surface area contributed by atoms with Crippen molar-refractivity contribution in [3.8, 4) is 28.0 Å². The summed E-state index contributed by atoms with van der Waals surface area (Å²) in [5.74, 6) is 0.912. The second kappa shape index (κ2) is 9.76. The van der Waals surface area contributed by atoms with E-state index in [0.717, 1.165) is 46.8 Å². The van der Waals surface area contributed by atoms with Crippen molar-refractivity contribution in [2.45, 2.75) is 24.2 Å². The normalized spacial score (nSPS) is 14.7. The van der Waals surface area contributed by atoms with Gasteiger partial charge in [-0.15, -0.1) is 11.8 Å². The number of piperidine rings is 1. The molecule has 0 N–H and O–H groups in total. The third kappa shape index (κ3) is 4.66. The van der Waals surface area contributed by atoms with Crippen molar-refractivity contribution in [3.63, 3.8) is 0 Å². The molecule has 0 aliphatic carbocycles. The number of aromatic nitrogens is 3. The molecule has 1 aliphatic heterocycles. The van der Waals surface area contributed by atoms with Gasteiger partial charge in [-0.25, -0.2) is 9.50 Å². The van der Waals surface area contributed by atoms with Gasteiger partial charge in [-0.3, -0.25) is 4.90 Å². The van der Waals surface area contributed by atoms with E-state index in [0.29, 0.717) is 0 Å². The highest BCUT2D eigenvalue weighted by Crippen LogP contribution is 2.28. The smallest absolute Gasteiger partial charge is 0.162 e. The van der Waals surface area contributed by atoms with Crippen molar-refractivity contribution in [1.29, 1.82) is 0 Å². The van der Waals surface area contributed by atoms with Crippen LogP contribution in [0.5, 0.6) is 5.75 Å². The third-order valence-electron chi connectivity index (χ3n) is 6.07. The predicted octanol–water partition coefficient (Wildman–Crippen LogP) is 5.65. The Balaban J connectivity index is 1.27. The van der Waals surface area contributed by atoms with E-state index < -0.39 is 0 Å². The second-order valence-corrected chi connectivity index (χ2v) is 9.05. The van der Waals surface area contributed by atoms with Gasteiger partial charge in [-0.2, -0.15) is 5.10 Å². The molecule has 0 radical (unpaired) electrons. The maximum atomic E-state index is 5.96. The average molecular weight is 445 g/mol. The zero-order chi connectivity index (χ0) is 21.8. The Morgan fingerprint density at radius 2 is 1.62 bits per heavy atom. The van der Waals surface area contributed by atoms with Crippen LogP contribution < -0.4 is 4.74 Å². The van der Waals surface area contributed by atoms with Crippen molar-refractivity contribution in [2.75, 3.05) is 32.5 Å². The van der Waals surface area contributed by atoms with Crippen molar-refractivity contribution in [1.82, 2.24) is 19.5 Å². The average Bonchev–Trinajstić information content (AvgIpc) is 3.28. The first-order valence-corrected chi connectivity index (χ1v) is 12.5. The van der Waals surface area contributed by atoms with Gasteiger partial charge < -0.3 is 4.74 Å². The summed E-state index contributed by atoms with van der Waals surface area (Å²) < 4.78 is 7.82. The van der Waals surface area contributed by atoms with Gasteiger partial charge >= 0.3 is 0 Å². The maximum absolute atomic E-state index is 5.96. The molecule has 1 fully saturated rings. The number of benzene rings is 2. The van der Waals surface area contributed by atoms with Crippen LogP contribution in [-0.4, -0.2) is 52.0 Å². The Hall–Kier alpha value is -2.83. The van der Waals surface area contributed by atoms with Gasteiger partial charge in [-0.1, -0.05) is 30.7 Å². The molecule has 1 aliphatic rings. The van der Waals surface area contributed by atoms with Crippen LogP contribution in [0.4, 0.5) is 0 Å². The highest BCUT2D eigenvalue weighted by atomic mass is 32.2. The van der Waals surface area contributed by atoms with Crippen LogP contribution in [0.25, 0.3) is 27.9 Å². The number of fused-ring (bicyclic) bond motifs is 1. The van der Waals surface area contributed by atoms with E-state index in [1.165, 1.54) is 37.2 Å². The van der Waals surface area contributed by atoms with E-state index in [1.54, 1.807) is 11.8 Å². The lowest BCUT2D eigenvalue weighted by Crippen LogP contribution is -2.33. The highest BCUT2D eigenvalue weighted by molar-refractivity contribution is 7.98. The summed E-state index contributed by atoms with van der Waals surface area (Å²) in [5, 5.41) is 4.55. The van der Waals surface area contributed by atoms with Gasteiger partial charge in [-0.05, 0) is 67.6 Å². The van der Waals surface area contributed by atoms with Crippen LogP contribution in [0, 0.1) is 0 Å². The zero-order valence-electron chi connectivity index (χ0n) is 18.4. The summed E-state index contributed by atoms with van der Waals surface area (Å²) in [6.07, 6.45) is 11.9. The lowest BCUT2D eigenvalue weighted by Gasteiger charge is -2.26. The molecule has 0 bridgehead atoms. The van der Waals surface area contributed by atoms with Crippen molar-refractivity contribution >= 4 is 17.4 Å². The Labute approximate surface area is 193 Å². The van der Waals surface area contributed by atoms with E-state index in [-0.39, 0.29) is 0 Å². The minimum Gasteiger partial charge on any atom is -0.492 e. The molecule has 1 saturated heterocycles. The molecule has 32 heavy (non-hydrogen) atoms. The van der Waals surface area contributed by atoms with Gasteiger partial charge in [0.25, 0.3) is 0 Å². The molecule has 6 heteroatoms. The monoisotopic (exact) mass is 444 g/mol. The van der Waals surface area contributed by atoms with E-state index in [9.17, 15) is 0 Å². The predicted molar refractivity (Wildman–Crippen MR) is 131 cm³/mol. The topological polar surface area (TPSA) is 42.7 Å². The van der Waals surface area contributed by atoms with E-state index in [2.05, 4.69) is 52.7 Å². The third-order valence-corrected chi connectivity index (χ3v) is 6.81. The van der Waals surface area contributed by atoms with Gasteiger partial charge in [0.05, 0.1) is 6.20 Å². The summed E-state index contributed by atoms with van der Waals surface area (Å²) in [7, 11) is 0. The second-order valence-electron chi connectivity index (χ2n) is 8.17. The summed E-state index contributed by atoms with van der Waals surface area (Å²) in [4.78, 5) is 8.46. The van der Waals surface area contributed by atoms with E-state index >= 15 is 0 Å². The molecule has 2 aromatic heterocycles. The first-order valence-electron chi connectivity index (χ1n) is 11.2. The number of ether oxygens (including phenoxy) is 1. The standard InChI is InChI=1S/C26H28N4OS/c1-32-24-11-7-21(8-12-24)25-18-28-30-19-22(17-27-26(25)30)20-5-9-23(10-6-20)31-16-15-29-13-3-2-4-14-29/h5-12,17-19H,2-4,13-16H2,1H3. The lowest BCUT2D eigenvalue weighted by molar-refractivity contribution is 0.183. The van der Waals surface area contributed by atoms with Crippen LogP contribution in [0.15, 0.2) is 72.0 Å². The van der Waals surface area contributed by atoms with Crippen LogP contribution in [0.1, 0.15) is 19.3 Å².